The van der Waals surface area contributed by atoms with Gasteiger partial charge in [-0.15, -0.1) is 0 Å². The molecule has 88 valence electrons. The Morgan fingerprint density at radius 1 is 1.40 bits per heavy atom. The Labute approximate surface area is 91.1 Å². The fourth-order valence-electron chi connectivity index (χ4n) is 2.51. The summed E-state index contributed by atoms with van der Waals surface area (Å²) in [5.41, 5.74) is 0. The summed E-state index contributed by atoms with van der Waals surface area (Å²) >= 11 is 0. The molecule has 0 bridgehead atoms. The van der Waals surface area contributed by atoms with E-state index in [4.69, 9.17) is 4.52 Å². The second-order valence-electron chi connectivity index (χ2n) is 4.45. The second kappa shape index (κ2) is 4.54. The molecule has 5 heteroatoms. The molecule has 2 aliphatic rings. The van der Waals surface area contributed by atoms with Crippen LogP contribution in [-0.4, -0.2) is 34.8 Å². The molecule has 0 aromatic carbocycles. The van der Waals surface area contributed by atoms with Gasteiger partial charge in [-0.05, 0) is 19.8 Å². The van der Waals surface area contributed by atoms with E-state index in [2.05, 4.69) is 4.90 Å². The number of rotatable bonds is 4. The predicted molar refractivity (Wildman–Crippen MR) is 58.8 cm³/mol. The van der Waals surface area contributed by atoms with Crippen LogP contribution in [0.1, 0.15) is 39.0 Å². The van der Waals surface area contributed by atoms with Crippen LogP contribution in [0, 0.1) is 0 Å². The van der Waals surface area contributed by atoms with Crippen LogP contribution < -0.4 is 0 Å². The lowest BCUT2D eigenvalue weighted by atomic mass is 9.96. The summed E-state index contributed by atoms with van der Waals surface area (Å²) in [6, 6.07) is 0.532. The van der Waals surface area contributed by atoms with Crippen LogP contribution in [-0.2, 0) is 9.09 Å². The molecule has 15 heavy (non-hydrogen) atoms. The zero-order chi connectivity index (χ0) is 10.9. The minimum atomic E-state index is -3.35. The maximum atomic E-state index is 11.7. The van der Waals surface area contributed by atoms with E-state index in [0.29, 0.717) is 12.6 Å². The van der Waals surface area contributed by atoms with Gasteiger partial charge in [-0.3, -0.25) is 9.46 Å². The quantitative estimate of drug-likeness (QED) is 0.597. The minimum absolute atomic E-state index is 0.208. The van der Waals surface area contributed by atoms with E-state index in [1.807, 2.05) is 0 Å². The summed E-state index contributed by atoms with van der Waals surface area (Å²) in [4.78, 5) is 11.8. The summed E-state index contributed by atoms with van der Waals surface area (Å²) < 4.78 is 16.7. The van der Waals surface area contributed by atoms with Crippen molar-refractivity contribution in [2.24, 2.45) is 0 Å². The van der Waals surface area contributed by atoms with Gasteiger partial charge in [0.2, 0.25) is 0 Å². The van der Waals surface area contributed by atoms with Gasteiger partial charge in [0, 0.05) is 12.6 Å². The van der Waals surface area contributed by atoms with Crippen LogP contribution in [0.5, 0.6) is 0 Å². The Morgan fingerprint density at radius 2 is 2.07 bits per heavy atom. The molecule has 0 aromatic rings. The molecule has 1 N–H and O–H groups in total. The van der Waals surface area contributed by atoms with E-state index in [-0.39, 0.29) is 5.78 Å². The first-order valence-electron chi connectivity index (χ1n) is 5.88. The van der Waals surface area contributed by atoms with Gasteiger partial charge < -0.3 is 9.42 Å². The van der Waals surface area contributed by atoms with Gasteiger partial charge in [0.1, 0.15) is 5.78 Å². The number of nitrogens with zero attached hydrogens (tertiary/aromatic N) is 1. The lowest BCUT2D eigenvalue weighted by Gasteiger charge is -2.24. The molecule has 0 spiro atoms. The summed E-state index contributed by atoms with van der Waals surface area (Å²) in [5.74, 6) is -0.208. The van der Waals surface area contributed by atoms with Gasteiger partial charge in [0.05, 0.1) is 6.61 Å². The van der Waals surface area contributed by atoms with Crippen LogP contribution in [0.25, 0.3) is 0 Å². The third kappa shape index (κ3) is 2.62. The van der Waals surface area contributed by atoms with Crippen LogP contribution >= 0.6 is 7.60 Å². The molecule has 3 unspecified atom stereocenters. The van der Waals surface area contributed by atoms with Crippen molar-refractivity contribution in [3.8, 4) is 0 Å². The monoisotopic (exact) mass is 233 g/mol. The van der Waals surface area contributed by atoms with Crippen LogP contribution in [0.3, 0.4) is 0 Å². The van der Waals surface area contributed by atoms with E-state index in [9.17, 15) is 9.46 Å². The Balaban J connectivity index is 1.86. The largest absolute Gasteiger partial charge is 0.346 e. The van der Waals surface area contributed by atoms with Gasteiger partial charge in [-0.2, -0.15) is 0 Å². The van der Waals surface area contributed by atoms with Crippen molar-refractivity contribution in [1.82, 2.24) is 4.90 Å². The average molecular weight is 233 g/mol. The molecule has 1 aliphatic heterocycles. The molecule has 1 heterocycles. The third-order valence-electron chi connectivity index (χ3n) is 3.36. The van der Waals surface area contributed by atoms with Crippen molar-refractivity contribution in [3.05, 3.63) is 0 Å². The van der Waals surface area contributed by atoms with E-state index >= 15 is 0 Å². The van der Waals surface area contributed by atoms with Crippen LogP contribution in [0.2, 0.25) is 0 Å². The zero-order valence-electron chi connectivity index (χ0n) is 9.26. The first-order chi connectivity index (χ1) is 7.15. The van der Waals surface area contributed by atoms with Gasteiger partial charge in [-0.25, -0.2) is 0 Å². The Bertz CT molecular complexity index is 265. The van der Waals surface area contributed by atoms with E-state index in [1.54, 1.807) is 6.92 Å². The third-order valence-corrected chi connectivity index (χ3v) is 5.20. The molecule has 0 amide bonds. The number of hydrogen-bond donors (Lipinski definition) is 1. The highest BCUT2D eigenvalue weighted by Gasteiger charge is 2.51. The van der Waals surface area contributed by atoms with E-state index in [1.165, 1.54) is 32.1 Å². The standard InChI is InChI=1S/C10H20NO3P/c1-2-14-15(12,13)10-8-11(10)9-6-4-3-5-7-9/h9-10H,2-8H2,1H3,(H,12,13). The first-order valence-corrected chi connectivity index (χ1v) is 7.52. The Morgan fingerprint density at radius 3 is 2.67 bits per heavy atom. The van der Waals surface area contributed by atoms with Crippen molar-refractivity contribution in [3.63, 3.8) is 0 Å². The van der Waals surface area contributed by atoms with E-state index < -0.39 is 7.60 Å². The van der Waals surface area contributed by atoms with Gasteiger partial charge in [0.25, 0.3) is 0 Å². The lowest BCUT2D eigenvalue weighted by molar-refractivity contribution is 0.248. The van der Waals surface area contributed by atoms with Crippen molar-refractivity contribution < 1.29 is 14.0 Å². The van der Waals surface area contributed by atoms with Crippen LogP contribution in [0.15, 0.2) is 0 Å². The maximum Gasteiger partial charge on any atom is 0.346 e. The summed E-state index contributed by atoms with van der Waals surface area (Å²) in [6.07, 6.45) is 6.21. The maximum absolute atomic E-state index is 11.7. The normalized spacial score (nSPS) is 36.1. The van der Waals surface area contributed by atoms with Crippen LogP contribution in [0.4, 0.5) is 0 Å². The Kier molecular flexibility index (Phi) is 3.51. The van der Waals surface area contributed by atoms with Crippen molar-refractivity contribution in [2.75, 3.05) is 13.2 Å². The molecule has 1 aliphatic carbocycles. The summed E-state index contributed by atoms with van der Waals surface area (Å²) in [5, 5.41) is 0. The highest BCUT2D eigenvalue weighted by molar-refractivity contribution is 7.53. The molecule has 1 saturated carbocycles. The summed E-state index contributed by atoms with van der Waals surface area (Å²) in [6.45, 7) is 2.83. The molecular weight excluding hydrogens is 213 g/mol. The highest BCUT2D eigenvalue weighted by atomic mass is 31.2. The fraction of sp³-hybridized carbons (Fsp3) is 1.00. The average Bonchev–Trinajstić information content (AvgIpc) is 2.99. The SMILES string of the molecule is CCOP(=O)(O)C1CN1C1CCCCC1. The molecule has 2 fully saturated rings. The predicted octanol–water partition coefficient (Wildman–Crippen LogP) is 2.18. The van der Waals surface area contributed by atoms with Gasteiger partial charge in [0.15, 0.2) is 0 Å². The second-order valence-corrected chi connectivity index (χ2v) is 6.43. The highest BCUT2D eigenvalue weighted by Crippen LogP contribution is 2.56. The first kappa shape index (κ1) is 11.6. The molecule has 1 saturated heterocycles. The molecule has 2 rings (SSSR count). The molecule has 0 radical (unpaired) electrons. The summed E-state index contributed by atoms with van der Waals surface area (Å²) in [7, 11) is -3.35. The van der Waals surface area contributed by atoms with Gasteiger partial charge in [-0.1, -0.05) is 19.3 Å². The molecule has 3 atom stereocenters. The van der Waals surface area contributed by atoms with Crippen molar-refractivity contribution >= 4 is 7.60 Å². The van der Waals surface area contributed by atoms with E-state index in [0.717, 1.165) is 6.54 Å². The zero-order valence-corrected chi connectivity index (χ0v) is 10.2. The fourth-order valence-corrected chi connectivity index (χ4v) is 4.01. The smallest absolute Gasteiger partial charge is 0.323 e. The molecule has 0 aromatic heterocycles. The van der Waals surface area contributed by atoms with Crippen molar-refractivity contribution in [2.45, 2.75) is 50.9 Å². The molecular formula is C10H20NO3P. The minimum Gasteiger partial charge on any atom is -0.323 e. The Hall–Kier alpha value is 0.110. The topological polar surface area (TPSA) is 49.5 Å². The van der Waals surface area contributed by atoms with Crippen molar-refractivity contribution in [1.29, 1.82) is 0 Å². The molecule has 4 nitrogen and oxygen atoms in total. The number of hydrogen-bond acceptors (Lipinski definition) is 3. The van der Waals surface area contributed by atoms with Gasteiger partial charge >= 0.3 is 7.60 Å². The lowest BCUT2D eigenvalue weighted by Crippen LogP contribution is -2.23.